The van der Waals surface area contributed by atoms with Gasteiger partial charge in [-0.1, -0.05) is 63.3 Å². The smallest absolute Gasteiger partial charge is 0.150 e. The topological polar surface area (TPSA) is 17.1 Å². The van der Waals surface area contributed by atoms with Gasteiger partial charge in [0.05, 0.1) is 0 Å². The van der Waals surface area contributed by atoms with Crippen molar-refractivity contribution in [3.05, 3.63) is 42.0 Å². The van der Waals surface area contributed by atoms with Crippen LogP contribution >= 0.6 is 11.8 Å². The van der Waals surface area contributed by atoms with Gasteiger partial charge in [0.15, 0.2) is 6.29 Å². The number of unbranched alkanes of at least 4 members (excludes halogenated alkanes) is 5. The first-order chi connectivity index (χ1) is 10.4. The van der Waals surface area contributed by atoms with Crippen molar-refractivity contribution >= 4 is 28.8 Å². The third-order valence-corrected chi connectivity index (χ3v) is 4.96. The van der Waals surface area contributed by atoms with E-state index in [-0.39, 0.29) is 0 Å². The lowest BCUT2D eigenvalue weighted by Gasteiger charge is -2.08. The van der Waals surface area contributed by atoms with Crippen LogP contribution in [0.1, 0.15) is 55.8 Å². The summed E-state index contributed by atoms with van der Waals surface area (Å²) in [6, 6.07) is 12.2. The molecule has 0 atom stereocenters. The fraction of sp³-hybridized carbons (Fsp3) is 0.421. The van der Waals surface area contributed by atoms with Gasteiger partial charge in [-0.3, -0.25) is 4.79 Å². The Hall–Kier alpha value is -1.28. The standard InChI is InChI=1S/C19H24OS/c1-2-3-4-5-6-9-14-21-19-13-12-16(15-20)17-10-7-8-11-18(17)19/h7-8,10-13,15H,2-6,9,14H2,1H3. The molecule has 0 spiro atoms. The summed E-state index contributed by atoms with van der Waals surface area (Å²) in [6.45, 7) is 2.25. The highest BCUT2D eigenvalue weighted by atomic mass is 32.2. The molecule has 0 saturated heterocycles. The summed E-state index contributed by atoms with van der Waals surface area (Å²) in [7, 11) is 0. The number of carbonyl (C=O) groups is 1. The molecule has 2 aromatic carbocycles. The van der Waals surface area contributed by atoms with E-state index >= 15 is 0 Å². The van der Waals surface area contributed by atoms with Crippen molar-refractivity contribution in [2.24, 2.45) is 0 Å². The van der Waals surface area contributed by atoms with Crippen molar-refractivity contribution in [1.82, 2.24) is 0 Å². The molecule has 0 saturated carbocycles. The van der Waals surface area contributed by atoms with E-state index in [4.69, 9.17) is 0 Å². The minimum absolute atomic E-state index is 0.787. The first kappa shape index (κ1) is 16.1. The molecule has 0 amide bonds. The Bertz CT molecular complexity index is 577. The lowest BCUT2D eigenvalue weighted by Crippen LogP contribution is -1.87. The van der Waals surface area contributed by atoms with Gasteiger partial charge in [0, 0.05) is 10.5 Å². The van der Waals surface area contributed by atoms with Crippen LogP contribution < -0.4 is 0 Å². The first-order valence-corrected chi connectivity index (χ1v) is 8.95. The zero-order valence-electron chi connectivity index (χ0n) is 12.8. The molecule has 0 aliphatic rings. The van der Waals surface area contributed by atoms with Crippen LogP contribution in [0.25, 0.3) is 10.8 Å². The van der Waals surface area contributed by atoms with E-state index < -0.39 is 0 Å². The molecule has 2 aromatic rings. The highest BCUT2D eigenvalue weighted by molar-refractivity contribution is 7.99. The Morgan fingerprint density at radius 2 is 1.62 bits per heavy atom. The van der Waals surface area contributed by atoms with Crippen LogP contribution in [0, 0.1) is 0 Å². The molecule has 2 rings (SSSR count). The summed E-state index contributed by atoms with van der Waals surface area (Å²) >= 11 is 1.92. The van der Waals surface area contributed by atoms with Gasteiger partial charge in [0.2, 0.25) is 0 Å². The number of carbonyl (C=O) groups excluding carboxylic acids is 1. The molecule has 2 heteroatoms. The predicted octanol–water partition coefficient (Wildman–Crippen LogP) is 6.10. The average molecular weight is 300 g/mol. The Morgan fingerprint density at radius 1 is 0.905 bits per heavy atom. The fourth-order valence-corrected chi connectivity index (χ4v) is 3.65. The molecular formula is C19H24OS. The van der Waals surface area contributed by atoms with E-state index in [1.165, 1.54) is 48.8 Å². The van der Waals surface area contributed by atoms with Gasteiger partial charge >= 0.3 is 0 Å². The van der Waals surface area contributed by atoms with Gasteiger partial charge in [-0.05, 0) is 35.1 Å². The molecule has 0 aliphatic heterocycles. The summed E-state index contributed by atoms with van der Waals surface area (Å²) in [6.07, 6.45) is 8.96. The molecule has 21 heavy (non-hydrogen) atoms. The number of thioether (sulfide) groups is 1. The van der Waals surface area contributed by atoms with Crippen LogP contribution in [-0.2, 0) is 0 Å². The number of rotatable bonds is 9. The highest BCUT2D eigenvalue weighted by Gasteiger charge is 2.05. The molecule has 0 heterocycles. The third-order valence-electron chi connectivity index (χ3n) is 3.80. The Balaban J connectivity index is 1.92. The number of fused-ring (bicyclic) bond motifs is 1. The monoisotopic (exact) mass is 300 g/mol. The minimum Gasteiger partial charge on any atom is -0.298 e. The number of benzene rings is 2. The predicted molar refractivity (Wildman–Crippen MR) is 93.4 cm³/mol. The van der Waals surface area contributed by atoms with Crippen molar-refractivity contribution in [3.8, 4) is 0 Å². The van der Waals surface area contributed by atoms with E-state index in [1.807, 2.05) is 36.0 Å². The fourth-order valence-electron chi connectivity index (χ4n) is 2.59. The average Bonchev–Trinajstić information content (AvgIpc) is 2.54. The largest absolute Gasteiger partial charge is 0.298 e. The van der Waals surface area contributed by atoms with Crippen molar-refractivity contribution in [1.29, 1.82) is 0 Å². The number of hydrogen-bond acceptors (Lipinski definition) is 2. The van der Waals surface area contributed by atoms with Crippen LogP contribution in [0.15, 0.2) is 41.3 Å². The zero-order chi connectivity index (χ0) is 14.9. The molecule has 1 nitrogen and oxygen atoms in total. The molecule has 0 fully saturated rings. The quantitative estimate of drug-likeness (QED) is 0.316. The molecule has 0 unspecified atom stereocenters. The first-order valence-electron chi connectivity index (χ1n) is 7.96. The van der Waals surface area contributed by atoms with E-state index in [9.17, 15) is 4.79 Å². The normalized spacial score (nSPS) is 10.9. The maximum Gasteiger partial charge on any atom is 0.150 e. The van der Waals surface area contributed by atoms with E-state index in [0.29, 0.717) is 0 Å². The Labute approximate surface area is 132 Å². The second-order valence-corrected chi connectivity index (χ2v) is 6.57. The Morgan fingerprint density at radius 3 is 2.38 bits per heavy atom. The minimum atomic E-state index is 0.787. The maximum absolute atomic E-state index is 11.1. The van der Waals surface area contributed by atoms with Gasteiger partial charge in [0.25, 0.3) is 0 Å². The number of aldehydes is 1. The van der Waals surface area contributed by atoms with Gasteiger partial charge in [-0.25, -0.2) is 0 Å². The third kappa shape index (κ3) is 4.60. The van der Waals surface area contributed by atoms with Gasteiger partial charge in [0.1, 0.15) is 0 Å². The molecule has 0 bridgehead atoms. The van der Waals surface area contributed by atoms with Crippen molar-refractivity contribution < 1.29 is 4.79 Å². The second kappa shape index (κ2) is 8.89. The van der Waals surface area contributed by atoms with Crippen LogP contribution in [0.5, 0.6) is 0 Å². The van der Waals surface area contributed by atoms with Crippen molar-refractivity contribution in [2.75, 3.05) is 5.75 Å². The van der Waals surface area contributed by atoms with Crippen LogP contribution in [0.2, 0.25) is 0 Å². The van der Waals surface area contributed by atoms with Gasteiger partial charge in [-0.15, -0.1) is 11.8 Å². The zero-order valence-corrected chi connectivity index (χ0v) is 13.6. The highest BCUT2D eigenvalue weighted by Crippen LogP contribution is 2.30. The molecule has 0 N–H and O–H groups in total. The van der Waals surface area contributed by atoms with Gasteiger partial charge < -0.3 is 0 Å². The van der Waals surface area contributed by atoms with Crippen LogP contribution in [-0.4, -0.2) is 12.0 Å². The SMILES string of the molecule is CCCCCCCCSc1ccc(C=O)c2ccccc12. The molecular weight excluding hydrogens is 276 g/mol. The lowest BCUT2D eigenvalue weighted by molar-refractivity contribution is 0.112. The van der Waals surface area contributed by atoms with Crippen molar-refractivity contribution in [2.45, 2.75) is 50.3 Å². The molecule has 112 valence electrons. The summed E-state index contributed by atoms with van der Waals surface area (Å²) in [4.78, 5) is 12.4. The molecule has 0 radical (unpaired) electrons. The van der Waals surface area contributed by atoms with Gasteiger partial charge in [-0.2, -0.15) is 0 Å². The maximum atomic E-state index is 11.1. The molecule has 0 aromatic heterocycles. The number of hydrogen-bond donors (Lipinski definition) is 0. The molecule has 0 aliphatic carbocycles. The summed E-state index contributed by atoms with van der Waals surface area (Å²) in [5.74, 6) is 1.16. The summed E-state index contributed by atoms with van der Waals surface area (Å²) in [5.41, 5.74) is 0.787. The van der Waals surface area contributed by atoms with Crippen LogP contribution in [0.4, 0.5) is 0 Å². The summed E-state index contributed by atoms with van der Waals surface area (Å²) in [5, 5.41) is 2.28. The van der Waals surface area contributed by atoms with E-state index in [2.05, 4.69) is 19.1 Å². The van der Waals surface area contributed by atoms with E-state index in [1.54, 1.807) is 0 Å². The van der Waals surface area contributed by atoms with Crippen LogP contribution in [0.3, 0.4) is 0 Å². The summed E-state index contributed by atoms with van der Waals surface area (Å²) < 4.78 is 0. The van der Waals surface area contributed by atoms with Crippen molar-refractivity contribution in [3.63, 3.8) is 0 Å². The lowest BCUT2D eigenvalue weighted by atomic mass is 10.1. The second-order valence-electron chi connectivity index (χ2n) is 5.43. The Kier molecular flexibility index (Phi) is 6.81. The van der Waals surface area contributed by atoms with E-state index in [0.717, 1.165) is 23.0 Å².